The van der Waals surface area contributed by atoms with Gasteiger partial charge in [-0.15, -0.1) is 0 Å². The number of aliphatic hydroxyl groups excluding tert-OH is 1. The molecule has 0 spiro atoms. The lowest BCUT2D eigenvalue weighted by Gasteiger charge is -2.24. The van der Waals surface area contributed by atoms with E-state index in [-0.39, 0.29) is 18.7 Å². The summed E-state index contributed by atoms with van der Waals surface area (Å²) in [6.07, 6.45) is 1.55. The normalized spacial score (nSPS) is 12.2. The number of nitrogens with zero attached hydrogens (tertiary/aromatic N) is 2. The molecular formula is C14H25N3O3. The fourth-order valence-corrected chi connectivity index (χ4v) is 2.16. The van der Waals surface area contributed by atoms with Crippen molar-refractivity contribution in [2.24, 2.45) is 0 Å². The fourth-order valence-electron chi connectivity index (χ4n) is 2.16. The highest BCUT2D eigenvalue weighted by molar-refractivity contribution is 5.74. The van der Waals surface area contributed by atoms with Crippen LogP contribution >= 0.6 is 0 Å². The van der Waals surface area contributed by atoms with Crippen LogP contribution in [-0.2, 0) is 6.42 Å². The van der Waals surface area contributed by atoms with Crippen LogP contribution in [0.25, 0.3) is 0 Å². The minimum atomic E-state index is -0.139. The zero-order valence-corrected chi connectivity index (χ0v) is 12.8. The van der Waals surface area contributed by atoms with E-state index >= 15 is 0 Å². The van der Waals surface area contributed by atoms with Gasteiger partial charge in [-0.05, 0) is 33.6 Å². The van der Waals surface area contributed by atoms with Crippen molar-refractivity contribution >= 4 is 6.03 Å². The number of aryl methyl sites for hydroxylation is 2. The first-order valence-corrected chi connectivity index (χ1v) is 7.07. The molecule has 1 unspecified atom stereocenters. The summed E-state index contributed by atoms with van der Waals surface area (Å²) in [6.45, 7) is 8.71. The summed E-state index contributed by atoms with van der Waals surface area (Å²) in [7, 11) is 0. The SMILES string of the molecule is CCCN(CCO)C(=O)NC(C)Cc1c(C)noc1C. The zero-order chi connectivity index (χ0) is 15.1. The summed E-state index contributed by atoms with van der Waals surface area (Å²) in [6, 6.07) is -0.155. The molecular weight excluding hydrogens is 258 g/mol. The Kier molecular flexibility index (Phi) is 6.51. The standard InChI is InChI=1S/C14H25N3O3/c1-5-6-17(7-8-18)14(19)15-10(2)9-13-11(3)16-20-12(13)4/h10,18H,5-9H2,1-4H3,(H,15,19). The van der Waals surface area contributed by atoms with Crippen LogP contribution < -0.4 is 5.32 Å². The second-order valence-electron chi connectivity index (χ2n) is 5.07. The Morgan fingerprint density at radius 3 is 2.65 bits per heavy atom. The Hall–Kier alpha value is -1.56. The minimum absolute atomic E-state index is 0.0163. The van der Waals surface area contributed by atoms with E-state index in [4.69, 9.17) is 9.63 Å². The third-order valence-corrected chi connectivity index (χ3v) is 3.21. The Balaban J connectivity index is 2.56. The van der Waals surface area contributed by atoms with E-state index in [1.807, 2.05) is 27.7 Å². The lowest BCUT2D eigenvalue weighted by atomic mass is 10.1. The lowest BCUT2D eigenvalue weighted by molar-refractivity contribution is 0.174. The molecule has 1 heterocycles. The van der Waals surface area contributed by atoms with Gasteiger partial charge < -0.3 is 19.8 Å². The van der Waals surface area contributed by atoms with Crippen molar-refractivity contribution in [1.29, 1.82) is 0 Å². The van der Waals surface area contributed by atoms with Gasteiger partial charge in [0.25, 0.3) is 0 Å². The topological polar surface area (TPSA) is 78.6 Å². The van der Waals surface area contributed by atoms with Gasteiger partial charge in [-0.1, -0.05) is 12.1 Å². The van der Waals surface area contributed by atoms with Crippen molar-refractivity contribution in [3.63, 3.8) is 0 Å². The molecule has 0 bridgehead atoms. The van der Waals surface area contributed by atoms with E-state index in [1.165, 1.54) is 0 Å². The van der Waals surface area contributed by atoms with E-state index < -0.39 is 0 Å². The maximum Gasteiger partial charge on any atom is 0.317 e. The Morgan fingerprint density at radius 2 is 2.15 bits per heavy atom. The number of rotatable bonds is 7. The molecule has 0 aromatic carbocycles. The number of carbonyl (C=O) groups excluding carboxylic acids is 1. The first-order chi connectivity index (χ1) is 9.49. The number of hydrogen-bond donors (Lipinski definition) is 2. The molecule has 6 heteroatoms. The summed E-state index contributed by atoms with van der Waals surface area (Å²) in [5.41, 5.74) is 1.91. The zero-order valence-electron chi connectivity index (χ0n) is 12.8. The van der Waals surface area contributed by atoms with Crippen molar-refractivity contribution in [2.75, 3.05) is 19.7 Å². The molecule has 0 aliphatic rings. The Labute approximate surface area is 120 Å². The molecule has 1 aromatic rings. The quantitative estimate of drug-likeness (QED) is 0.797. The third-order valence-electron chi connectivity index (χ3n) is 3.21. The van der Waals surface area contributed by atoms with Gasteiger partial charge in [0.15, 0.2) is 0 Å². The monoisotopic (exact) mass is 283 g/mol. The highest BCUT2D eigenvalue weighted by atomic mass is 16.5. The minimum Gasteiger partial charge on any atom is -0.395 e. The number of amides is 2. The molecule has 0 radical (unpaired) electrons. The third kappa shape index (κ3) is 4.52. The molecule has 114 valence electrons. The summed E-state index contributed by atoms with van der Waals surface area (Å²) in [4.78, 5) is 13.7. The highest BCUT2D eigenvalue weighted by Crippen LogP contribution is 2.14. The highest BCUT2D eigenvalue weighted by Gasteiger charge is 2.17. The van der Waals surface area contributed by atoms with Gasteiger partial charge in [0.05, 0.1) is 12.3 Å². The number of carbonyl (C=O) groups is 1. The number of hydrogen-bond acceptors (Lipinski definition) is 4. The Bertz CT molecular complexity index is 406. The summed E-state index contributed by atoms with van der Waals surface area (Å²) in [5.74, 6) is 0.796. The number of aromatic nitrogens is 1. The van der Waals surface area contributed by atoms with Gasteiger partial charge in [-0.2, -0.15) is 0 Å². The molecule has 0 aliphatic heterocycles. The summed E-state index contributed by atoms with van der Waals surface area (Å²) >= 11 is 0. The largest absolute Gasteiger partial charge is 0.395 e. The molecule has 6 nitrogen and oxygen atoms in total. The van der Waals surface area contributed by atoms with Crippen molar-refractivity contribution in [3.05, 3.63) is 17.0 Å². The average molecular weight is 283 g/mol. The Morgan fingerprint density at radius 1 is 1.45 bits per heavy atom. The van der Waals surface area contributed by atoms with Gasteiger partial charge in [0.1, 0.15) is 5.76 Å². The lowest BCUT2D eigenvalue weighted by Crippen LogP contribution is -2.46. The second-order valence-corrected chi connectivity index (χ2v) is 5.07. The number of nitrogens with one attached hydrogen (secondary N) is 1. The molecule has 2 N–H and O–H groups in total. The molecule has 0 saturated heterocycles. The van der Waals surface area contributed by atoms with Crippen molar-refractivity contribution in [3.8, 4) is 0 Å². The summed E-state index contributed by atoms with van der Waals surface area (Å²) in [5, 5.41) is 15.8. The molecule has 20 heavy (non-hydrogen) atoms. The van der Waals surface area contributed by atoms with Crippen LogP contribution in [0.3, 0.4) is 0 Å². The van der Waals surface area contributed by atoms with Crippen molar-refractivity contribution in [2.45, 2.75) is 46.6 Å². The smallest absolute Gasteiger partial charge is 0.317 e. The van der Waals surface area contributed by atoms with E-state index in [0.717, 1.165) is 23.4 Å². The van der Waals surface area contributed by atoms with Crippen LogP contribution in [-0.4, -0.2) is 46.9 Å². The van der Waals surface area contributed by atoms with E-state index in [0.29, 0.717) is 19.5 Å². The first kappa shape index (κ1) is 16.5. The van der Waals surface area contributed by atoms with Crippen LogP contribution in [0.1, 0.15) is 37.3 Å². The van der Waals surface area contributed by atoms with Crippen LogP contribution in [0.15, 0.2) is 4.52 Å². The number of urea groups is 1. The van der Waals surface area contributed by atoms with Gasteiger partial charge in [0, 0.05) is 24.7 Å². The second kappa shape index (κ2) is 7.89. The molecule has 1 atom stereocenters. The van der Waals surface area contributed by atoms with Gasteiger partial charge in [-0.25, -0.2) is 4.79 Å². The van der Waals surface area contributed by atoms with E-state index in [9.17, 15) is 4.79 Å². The molecule has 1 rings (SSSR count). The fraction of sp³-hybridized carbons (Fsp3) is 0.714. The van der Waals surface area contributed by atoms with E-state index in [1.54, 1.807) is 4.90 Å². The maximum absolute atomic E-state index is 12.1. The van der Waals surface area contributed by atoms with Crippen LogP contribution in [0.4, 0.5) is 4.79 Å². The first-order valence-electron chi connectivity index (χ1n) is 7.07. The van der Waals surface area contributed by atoms with E-state index in [2.05, 4.69) is 10.5 Å². The summed E-state index contributed by atoms with van der Waals surface area (Å²) < 4.78 is 5.12. The van der Waals surface area contributed by atoms with Crippen molar-refractivity contribution < 1.29 is 14.4 Å². The van der Waals surface area contributed by atoms with Crippen LogP contribution in [0.5, 0.6) is 0 Å². The molecule has 0 aliphatic carbocycles. The molecule has 0 fully saturated rings. The average Bonchev–Trinajstić information content (AvgIpc) is 2.70. The van der Waals surface area contributed by atoms with Gasteiger partial charge >= 0.3 is 6.03 Å². The maximum atomic E-state index is 12.1. The molecule has 2 amide bonds. The predicted octanol–water partition coefficient (Wildman–Crippen LogP) is 1.64. The number of aliphatic hydroxyl groups is 1. The van der Waals surface area contributed by atoms with Gasteiger partial charge in [-0.3, -0.25) is 0 Å². The molecule has 0 saturated carbocycles. The molecule has 1 aromatic heterocycles. The van der Waals surface area contributed by atoms with Crippen LogP contribution in [0, 0.1) is 13.8 Å². The predicted molar refractivity (Wildman–Crippen MR) is 76.6 cm³/mol. The van der Waals surface area contributed by atoms with Crippen molar-refractivity contribution in [1.82, 2.24) is 15.4 Å². The van der Waals surface area contributed by atoms with Gasteiger partial charge in [0.2, 0.25) is 0 Å². The van der Waals surface area contributed by atoms with Crippen LogP contribution in [0.2, 0.25) is 0 Å².